The van der Waals surface area contributed by atoms with E-state index >= 15 is 0 Å². The van der Waals surface area contributed by atoms with E-state index < -0.39 is 0 Å². The zero-order chi connectivity index (χ0) is 8.55. The van der Waals surface area contributed by atoms with Gasteiger partial charge in [-0.25, -0.2) is 4.68 Å². The van der Waals surface area contributed by atoms with Crippen molar-refractivity contribution in [3.05, 3.63) is 17.5 Å². The predicted octanol–water partition coefficient (Wildman–Crippen LogP) is 1.81. The third-order valence-electron chi connectivity index (χ3n) is 2.22. The molecule has 0 N–H and O–H groups in total. The minimum Gasteiger partial charge on any atom is -0.357 e. The third-order valence-corrected chi connectivity index (χ3v) is 2.22. The van der Waals surface area contributed by atoms with Crippen LogP contribution in [0.5, 0.6) is 0 Å². The highest BCUT2D eigenvalue weighted by Crippen LogP contribution is 2.23. The van der Waals surface area contributed by atoms with Crippen LogP contribution in [0.2, 0.25) is 0 Å². The zero-order valence-corrected chi connectivity index (χ0v) is 7.58. The Morgan fingerprint density at radius 1 is 1.58 bits per heavy atom. The lowest BCUT2D eigenvalue weighted by molar-refractivity contribution is 0.0449. The maximum Gasteiger partial charge on any atom is 0.150 e. The van der Waals surface area contributed by atoms with E-state index in [1.807, 2.05) is 11.6 Å². The number of aromatic nitrogens is 2. The summed E-state index contributed by atoms with van der Waals surface area (Å²) in [7, 11) is 0. The highest BCUT2D eigenvalue weighted by molar-refractivity contribution is 5.07. The molecule has 1 aromatic heterocycles. The number of ether oxygens (including phenoxy) is 1. The Morgan fingerprint density at radius 3 is 2.92 bits per heavy atom. The smallest absolute Gasteiger partial charge is 0.150 e. The molecule has 1 atom stereocenters. The number of aryl methyl sites for hydroxylation is 2. The summed E-state index contributed by atoms with van der Waals surface area (Å²) in [6.07, 6.45) is 2.45. The van der Waals surface area contributed by atoms with E-state index in [-0.39, 0.29) is 6.23 Å². The molecule has 0 spiro atoms. The molecular weight excluding hydrogens is 152 g/mol. The fourth-order valence-corrected chi connectivity index (χ4v) is 1.69. The molecule has 1 aliphatic rings. The third kappa shape index (κ3) is 1.25. The minimum absolute atomic E-state index is 0.193. The van der Waals surface area contributed by atoms with E-state index in [4.69, 9.17) is 4.74 Å². The van der Waals surface area contributed by atoms with Gasteiger partial charge in [-0.1, -0.05) is 0 Å². The Morgan fingerprint density at radius 2 is 2.42 bits per heavy atom. The first-order valence-electron chi connectivity index (χ1n) is 4.42. The monoisotopic (exact) mass is 166 g/mol. The van der Waals surface area contributed by atoms with Crippen molar-refractivity contribution < 1.29 is 4.74 Å². The summed E-state index contributed by atoms with van der Waals surface area (Å²) in [5, 5.41) is 4.38. The van der Waals surface area contributed by atoms with Crippen molar-refractivity contribution in [2.75, 3.05) is 6.61 Å². The lowest BCUT2D eigenvalue weighted by atomic mass is 10.3. The maximum absolute atomic E-state index is 5.53. The molecule has 0 saturated carbocycles. The first-order valence-corrected chi connectivity index (χ1v) is 4.42. The van der Waals surface area contributed by atoms with Gasteiger partial charge >= 0.3 is 0 Å². The Kier molecular flexibility index (Phi) is 1.89. The molecule has 0 amide bonds. The van der Waals surface area contributed by atoms with Gasteiger partial charge in [0.05, 0.1) is 5.69 Å². The van der Waals surface area contributed by atoms with Gasteiger partial charge in [0.25, 0.3) is 0 Å². The van der Waals surface area contributed by atoms with E-state index in [1.54, 1.807) is 0 Å². The van der Waals surface area contributed by atoms with Gasteiger partial charge in [-0.3, -0.25) is 0 Å². The summed E-state index contributed by atoms with van der Waals surface area (Å²) < 4.78 is 7.52. The Hall–Kier alpha value is -0.830. The van der Waals surface area contributed by atoms with Crippen LogP contribution in [0.25, 0.3) is 0 Å². The fraction of sp³-hybridized carbons (Fsp3) is 0.667. The number of nitrogens with zero attached hydrogens (tertiary/aromatic N) is 2. The number of hydrogen-bond acceptors (Lipinski definition) is 2. The second kappa shape index (κ2) is 2.90. The molecule has 2 rings (SSSR count). The molecule has 1 fully saturated rings. The maximum atomic E-state index is 5.53. The summed E-state index contributed by atoms with van der Waals surface area (Å²) in [6.45, 7) is 4.96. The van der Waals surface area contributed by atoms with E-state index in [9.17, 15) is 0 Å². The summed E-state index contributed by atoms with van der Waals surface area (Å²) in [5.74, 6) is 0. The van der Waals surface area contributed by atoms with Crippen molar-refractivity contribution in [1.82, 2.24) is 9.78 Å². The average molecular weight is 166 g/mol. The normalized spacial score (nSPS) is 23.3. The lowest BCUT2D eigenvalue weighted by Crippen LogP contribution is -2.10. The highest BCUT2D eigenvalue weighted by Gasteiger charge is 2.19. The van der Waals surface area contributed by atoms with Gasteiger partial charge < -0.3 is 4.74 Å². The van der Waals surface area contributed by atoms with Crippen molar-refractivity contribution in [3.8, 4) is 0 Å². The Labute approximate surface area is 72.3 Å². The van der Waals surface area contributed by atoms with Crippen molar-refractivity contribution in [2.45, 2.75) is 32.9 Å². The van der Waals surface area contributed by atoms with Gasteiger partial charge in [0.15, 0.2) is 6.23 Å². The molecule has 0 aromatic carbocycles. The largest absolute Gasteiger partial charge is 0.357 e. The van der Waals surface area contributed by atoms with Gasteiger partial charge in [-0.2, -0.15) is 5.10 Å². The molecule has 3 nitrogen and oxygen atoms in total. The highest BCUT2D eigenvalue weighted by atomic mass is 16.5. The molecule has 1 aliphatic heterocycles. The van der Waals surface area contributed by atoms with Crippen molar-refractivity contribution in [3.63, 3.8) is 0 Å². The van der Waals surface area contributed by atoms with E-state index in [2.05, 4.69) is 18.1 Å². The molecule has 0 radical (unpaired) electrons. The topological polar surface area (TPSA) is 27.1 Å². The SMILES string of the molecule is Cc1cc(C)n(C2CCCO2)n1. The second-order valence-electron chi connectivity index (χ2n) is 3.34. The molecule has 1 unspecified atom stereocenters. The zero-order valence-electron chi connectivity index (χ0n) is 7.58. The summed E-state index contributed by atoms with van der Waals surface area (Å²) in [4.78, 5) is 0. The van der Waals surface area contributed by atoms with Crippen LogP contribution < -0.4 is 0 Å². The van der Waals surface area contributed by atoms with Gasteiger partial charge in [0.1, 0.15) is 0 Å². The van der Waals surface area contributed by atoms with Crippen molar-refractivity contribution in [1.29, 1.82) is 0 Å². The standard InChI is InChI=1S/C9H14N2O/c1-7-6-8(2)11(10-7)9-4-3-5-12-9/h6,9H,3-5H2,1-2H3. The summed E-state index contributed by atoms with van der Waals surface area (Å²) in [6, 6.07) is 2.08. The van der Waals surface area contributed by atoms with Crippen LogP contribution in [0.1, 0.15) is 30.5 Å². The van der Waals surface area contributed by atoms with E-state index in [0.29, 0.717) is 0 Å². The van der Waals surface area contributed by atoms with Crippen LogP contribution in [-0.2, 0) is 4.74 Å². The summed E-state index contributed by atoms with van der Waals surface area (Å²) >= 11 is 0. The Balaban J connectivity index is 2.25. The fourth-order valence-electron chi connectivity index (χ4n) is 1.69. The van der Waals surface area contributed by atoms with Crippen LogP contribution >= 0.6 is 0 Å². The molecule has 1 saturated heterocycles. The van der Waals surface area contributed by atoms with E-state index in [0.717, 1.165) is 25.1 Å². The van der Waals surface area contributed by atoms with E-state index in [1.165, 1.54) is 5.69 Å². The number of hydrogen-bond donors (Lipinski definition) is 0. The van der Waals surface area contributed by atoms with Crippen LogP contribution in [0.3, 0.4) is 0 Å². The van der Waals surface area contributed by atoms with Crippen LogP contribution in [-0.4, -0.2) is 16.4 Å². The molecule has 2 heterocycles. The minimum atomic E-state index is 0.193. The van der Waals surface area contributed by atoms with Gasteiger partial charge in [-0.15, -0.1) is 0 Å². The quantitative estimate of drug-likeness (QED) is 0.636. The predicted molar refractivity (Wildman–Crippen MR) is 45.9 cm³/mol. The molecule has 66 valence electrons. The van der Waals surface area contributed by atoms with Crippen LogP contribution in [0.4, 0.5) is 0 Å². The molecule has 12 heavy (non-hydrogen) atoms. The van der Waals surface area contributed by atoms with Gasteiger partial charge in [-0.05, 0) is 32.8 Å². The molecule has 0 aliphatic carbocycles. The van der Waals surface area contributed by atoms with Gasteiger partial charge in [0, 0.05) is 12.3 Å². The average Bonchev–Trinajstić information content (AvgIpc) is 2.58. The first kappa shape index (κ1) is 7.80. The van der Waals surface area contributed by atoms with Gasteiger partial charge in [0.2, 0.25) is 0 Å². The second-order valence-corrected chi connectivity index (χ2v) is 3.34. The van der Waals surface area contributed by atoms with Crippen LogP contribution in [0, 0.1) is 13.8 Å². The summed E-state index contributed by atoms with van der Waals surface area (Å²) in [5.41, 5.74) is 2.27. The number of rotatable bonds is 1. The lowest BCUT2D eigenvalue weighted by Gasteiger charge is -2.11. The Bertz CT molecular complexity index is 274. The molecule has 1 aromatic rings. The molecular formula is C9H14N2O. The van der Waals surface area contributed by atoms with Crippen LogP contribution in [0.15, 0.2) is 6.07 Å². The van der Waals surface area contributed by atoms with Crippen molar-refractivity contribution >= 4 is 0 Å². The van der Waals surface area contributed by atoms with Crippen molar-refractivity contribution in [2.24, 2.45) is 0 Å². The molecule has 3 heteroatoms. The molecule has 0 bridgehead atoms. The first-order chi connectivity index (χ1) is 5.77.